The van der Waals surface area contributed by atoms with Crippen molar-refractivity contribution in [3.05, 3.63) is 40.9 Å². The van der Waals surface area contributed by atoms with Crippen LogP contribution in [-0.2, 0) is 10.0 Å². The van der Waals surface area contributed by atoms with Gasteiger partial charge in [0.15, 0.2) is 0 Å². The van der Waals surface area contributed by atoms with Gasteiger partial charge in [-0.1, -0.05) is 6.08 Å². The van der Waals surface area contributed by atoms with E-state index in [2.05, 4.69) is 22.5 Å². The number of aliphatic hydroxyl groups is 1. The first-order chi connectivity index (χ1) is 9.34. The van der Waals surface area contributed by atoms with Crippen LogP contribution in [-0.4, -0.2) is 48.6 Å². The lowest BCUT2D eigenvalue weighted by molar-refractivity contribution is 0.0696. The highest BCUT2D eigenvalue weighted by molar-refractivity contribution is 9.10. The van der Waals surface area contributed by atoms with Gasteiger partial charge in [0.25, 0.3) is 0 Å². The number of carboxylic acids is 1. The van der Waals surface area contributed by atoms with Crippen LogP contribution in [0.15, 0.2) is 40.2 Å². The third kappa shape index (κ3) is 3.66. The minimum atomic E-state index is -3.84. The average Bonchev–Trinajstić information content (AvgIpc) is 2.37. The van der Waals surface area contributed by atoms with E-state index in [9.17, 15) is 13.2 Å². The zero-order chi connectivity index (χ0) is 15.3. The van der Waals surface area contributed by atoms with Crippen LogP contribution in [0.3, 0.4) is 0 Å². The molecule has 0 amide bonds. The summed E-state index contributed by atoms with van der Waals surface area (Å²) in [5, 5.41) is 17.8. The Hall–Kier alpha value is -1.22. The molecular formula is C12H14BrNO5S. The normalized spacial score (nSPS) is 11.6. The Morgan fingerprint density at radius 1 is 1.45 bits per heavy atom. The largest absolute Gasteiger partial charge is 0.478 e. The molecule has 0 atom stereocenters. The molecule has 0 heterocycles. The predicted octanol–water partition coefficient (Wildman–Crippen LogP) is 1.32. The maximum Gasteiger partial charge on any atom is 0.335 e. The second-order valence-corrected chi connectivity index (χ2v) is 6.59. The third-order valence-corrected chi connectivity index (χ3v) is 5.32. The Labute approximate surface area is 125 Å². The molecule has 110 valence electrons. The summed E-state index contributed by atoms with van der Waals surface area (Å²) < 4.78 is 26.0. The summed E-state index contributed by atoms with van der Waals surface area (Å²) >= 11 is 3.06. The Balaban J connectivity index is 3.26. The quantitative estimate of drug-likeness (QED) is 0.712. The Kier molecular flexibility index (Phi) is 5.88. The van der Waals surface area contributed by atoms with E-state index in [0.29, 0.717) is 0 Å². The van der Waals surface area contributed by atoms with Gasteiger partial charge in [0.2, 0.25) is 10.0 Å². The number of hydrogen-bond acceptors (Lipinski definition) is 4. The fourth-order valence-electron chi connectivity index (χ4n) is 1.55. The van der Waals surface area contributed by atoms with Crippen LogP contribution in [0.1, 0.15) is 10.4 Å². The molecule has 0 unspecified atom stereocenters. The maximum atomic E-state index is 12.4. The van der Waals surface area contributed by atoms with Crippen LogP contribution < -0.4 is 0 Å². The molecule has 0 aromatic heterocycles. The number of nitrogens with zero attached hydrogens (tertiary/aromatic N) is 1. The van der Waals surface area contributed by atoms with Crippen molar-refractivity contribution in [2.75, 3.05) is 19.7 Å². The van der Waals surface area contributed by atoms with Crippen molar-refractivity contribution in [3.63, 3.8) is 0 Å². The van der Waals surface area contributed by atoms with E-state index >= 15 is 0 Å². The average molecular weight is 364 g/mol. The molecule has 0 spiro atoms. The standard InChI is InChI=1S/C12H14BrNO5S/c1-2-5-14(6-7-15)20(18,19)11-4-3-9(12(16)17)8-10(11)13/h2-4,8,15H,1,5-7H2,(H,16,17). The lowest BCUT2D eigenvalue weighted by Gasteiger charge is -2.20. The molecule has 0 aliphatic carbocycles. The summed E-state index contributed by atoms with van der Waals surface area (Å²) in [6.45, 7) is 3.13. The minimum absolute atomic E-state index is 0.0201. The van der Waals surface area contributed by atoms with E-state index in [1.165, 1.54) is 24.3 Å². The van der Waals surface area contributed by atoms with E-state index in [-0.39, 0.29) is 34.6 Å². The van der Waals surface area contributed by atoms with E-state index in [4.69, 9.17) is 10.2 Å². The molecule has 1 rings (SSSR count). The third-order valence-electron chi connectivity index (χ3n) is 2.48. The van der Waals surface area contributed by atoms with Gasteiger partial charge in [-0.15, -0.1) is 6.58 Å². The van der Waals surface area contributed by atoms with Crippen molar-refractivity contribution in [1.82, 2.24) is 4.31 Å². The fraction of sp³-hybridized carbons (Fsp3) is 0.250. The van der Waals surface area contributed by atoms with Gasteiger partial charge in [0.05, 0.1) is 17.1 Å². The van der Waals surface area contributed by atoms with Gasteiger partial charge in [-0.2, -0.15) is 4.31 Å². The number of halogens is 1. The van der Waals surface area contributed by atoms with Crippen LogP contribution in [0.25, 0.3) is 0 Å². The van der Waals surface area contributed by atoms with Gasteiger partial charge in [0, 0.05) is 17.6 Å². The van der Waals surface area contributed by atoms with Crippen molar-refractivity contribution < 1.29 is 23.4 Å². The Bertz CT molecular complexity index is 614. The van der Waals surface area contributed by atoms with E-state index in [1.54, 1.807) is 0 Å². The summed E-state index contributed by atoms with van der Waals surface area (Å²) in [5.41, 5.74) is -0.0201. The van der Waals surface area contributed by atoms with Crippen LogP contribution in [0.2, 0.25) is 0 Å². The lowest BCUT2D eigenvalue weighted by atomic mass is 10.2. The monoisotopic (exact) mass is 363 g/mol. The highest BCUT2D eigenvalue weighted by Gasteiger charge is 2.25. The van der Waals surface area contributed by atoms with Crippen molar-refractivity contribution >= 4 is 31.9 Å². The molecule has 8 heteroatoms. The van der Waals surface area contributed by atoms with Crippen molar-refractivity contribution in [1.29, 1.82) is 0 Å². The van der Waals surface area contributed by atoms with Crippen LogP contribution in [0.4, 0.5) is 0 Å². The minimum Gasteiger partial charge on any atom is -0.478 e. The van der Waals surface area contributed by atoms with Gasteiger partial charge < -0.3 is 10.2 Å². The summed E-state index contributed by atoms with van der Waals surface area (Å²) in [7, 11) is -3.84. The van der Waals surface area contributed by atoms with Gasteiger partial charge in [-0.05, 0) is 34.1 Å². The second kappa shape index (κ2) is 6.98. The molecule has 0 aliphatic rings. The molecule has 0 fully saturated rings. The van der Waals surface area contributed by atoms with Crippen molar-refractivity contribution in [2.45, 2.75) is 4.90 Å². The van der Waals surface area contributed by atoms with Crippen LogP contribution in [0, 0.1) is 0 Å². The first-order valence-electron chi connectivity index (χ1n) is 5.59. The topological polar surface area (TPSA) is 94.9 Å². The number of carbonyl (C=O) groups is 1. The molecule has 0 aliphatic heterocycles. The molecule has 0 saturated heterocycles. The molecule has 0 saturated carbocycles. The molecule has 6 nitrogen and oxygen atoms in total. The number of rotatable bonds is 7. The first kappa shape index (κ1) is 16.8. The van der Waals surface area contributed by atoms with Crippen molar-refractivity contribution in [3.8, 4) is 0 Å². The zero-order valence-electron chi connectivity index (χ0n) is 10.5. The number of aromatic carboxylic acids is 1. The summed E-state index contributed by atoms with van der Waals surface area (Å²) in [6, 6.07) is 3.65. The maximum absolute atomic E-state index is 12.4. The molecule has 20 heavy (non-hydrogen) atoms. The second-order valence-electron chi connectivity index (χ2n) is 3.83. The number of sulfonamides is 1. The van der Waals surface area contributed by atoms with Crippen molar-refractivity contribution in [2.24, 2.45) is 0 Å². The Morgan fingerprint density at radius 3 is 2.55 bits per heavy atom. The van der Waals surface area contributed by atoms with E-state index in [0.717, 1.165) is 4.31 Å². The van der Waals surface area contributed by atoms with Gasteiger partial charge >= 0.3 is 5.97 Å². The summed E-state index contributed by atoms with van der Waals surface area (Å²) in [5.74, 6) is -1.15. The number of benzene rings is 1. The molecule has 1 aromatic carbocycles. The van der Waals surface area contributed by atoms with Gasteiger partial charge in [-0.3, -0.25) is 0 Å². The predicted molar refractivity (Wildman–Crippen MR) is 77.1 cm³/mol. The first-order valence-corrected chi connectivity index (χ1v) is 7.82. The Morgan fingerprint density at radius 2 is 2.10 bits per heavy atom. The number of aliphatic hydroxyl groups excluding tert-OH is 1. The number of carboxylic acid groups (broad SMARTS) is 1. The van der Waals surface area contributed by atoms with E-state index in [1.807, 2.05) is 0 Å². The fourth-order valence-corrected chi connectivity index (χ4v) is 3.99. The van der Waals surface area contributed by atoms with Gasteiger partial charge in [0.1, 0.15) is 0 Å². The summed E-state index contributed by atoms with van der Waals surface area (Å²) in [6.07, 6.45) is 1.41. The zero-order valence-corrected chi connectivity index (χ0v) is 12.9. The molecular weight excluding hydrogens is 350 g/mol. The summed E-state index contributed by atoms with van der Waals surface area (Å²) in [4.78, 5) is 10.8. The molecule has 0 bridgehead atoms. The van der Waals surface area contributed by atoms with Crippen LogP contribution in [0.5, 0.6) is 0 Å². The smallest absolute Gasteiger partial charge is 0.335 e. The SMILES string of the molecule is C=CCN(CCO)S(=O)(=O)c1ccc(C(=O)O)cc1Br. The molecule has 2 N–H and O–H groups in total. The highest BCUT2D eigenvalue weighted by atomic mass is 79.9. The van der Waals surface area contributed by atoms with Crippen LogP contribution >= 0.6 is 15.9 Å². The molecule has 0 radical (unpaired) electrons. The highest BCUT2D eigenvalue weighted by Crippen LogP contribution is 2.26. The molecule has 1 aromatic rings. The van der Waals surface area contributed by atoms with Gasteiger partial charge in [-0.25, -0.2) is 13.2 Å². The number of hydrogen-bond donors (Lipinski definition) is 2. The lowest BCUT2D eigenvalue weighted by Crippen LogP contribution is -2.34. The van der Waals surface area contributed by atoms with E-state index < -0.39 is 16.0 Å².